The molecule has 0 radical (unpaired) electrons. The number of carbonyl (C=O) groups excluding carboxylic acids is 1. The van der Waals surface area contributed by atoms with Crippen molar-refractivity contribution < 1.29 is 9.53 Å². The first kappa shape index (κ1) is 22.3. The van der Waals surface area contributed by atoms with Gasteiger partial charge in [0.1, 0.15) is 28.1 Å². The van der Waals surface area contributed by atoms with Gasteiger partial charge in [0.2, 0.25) is 5.91 Å². The number of benzene rings is 1. The highest BCUT2D eigenvalue weighted by Gasteiger charge is 2.21. The lowest BCUT2D eigenvalue weighted by molar-refractivity contribution is -0.116. The molecule has 1 amide bonds. The number of carbonyl (C=O) groups is 1. The normalized spacial score (nSPS) is 13.2. The van der Waals surface area contributed by atoms with Crippen molar-refractivity contribution in [2.45, 2.75) is 38.6 Å². The lowest BCUT2D eigenvalue weighted by atomic mass is 10.1. The molecule has 4 aromatic rings. The predicted molar refractivity (Wildman–Crippen MR) is 135 cm³/mol. The Morgan fingerprint density at radius 2 is 2.00 bits per heavy atom. The minimum absolute atomic E-state index is 0.162. The molecule has 0 aliphatic heterocycles. The summed E-state index contributed by atoms with van der Waals surface area (Å²) in [7, 11) is 1.62. The zero-order valence-electron chi connectivity index (χ0n) is 18.6. The molecule has 7 nitrogen and oxygen atoms in total. The van der Waals surface area contributed by atoms with Gasteiger partial charge in [-0.1, -0.05) is 6.42 Å². The highest BCUT2D eigenvalue weighted by Crippen LogP contribution is 2.37. The summed E-state index contributed by atoms with van der Waals surface area (Å²) >= 11 is 2.84. The molecular formula is C25H22N4O3S2. The number of nitrogens with one attached hydrogen (secondary N) is 1. The van der Waals surface area contributed by atoms with Gasteiger partial charge in [-0.3, -0.25) is 14.2 Å². The second-order valence-electron chi connectivity index (χ2n) is 8.16. The van der Waals surface area contributed by atoms with Gasteiger partial charge < -0.3 is 10.1 Å². The number of aryl methyl sites for hydroxylation is 1. The Kier molecular flexibility index (Phi) is 6.18. The number of ether oxygens (including phenoxy) is 1. The van der Waals surface area contributed by atoms with E-state index in [1.54, 1.807) is 7.11 Å². The number of rotatable bonds is 5. The van der Waals surface area contributed by atoms with E-state index in [2.05, 4.69) is 16.4 Å². The average Bonchev–Trinajstić information content (AvgIpc) is 3.35. The first-order valence-corrected chi connectivity index (χ1v) is 12.7. The molecule has 0 unspecified atom stereocenters. The summed E-state index contributed by atoms with van der Waals surface area (Å²) in [5, 5.41) is 13.1. The SMILES string of the molecule is COc1ccc(-c2cc3ncn(CC(=O)Nc4sc5c(c4C#N)CCCCC5)c(=O)c3s2)cc1. The number of thiophene rings is 2. The summed E-state index contributed by atoms with van der Waals surface area (Å²) in [5.41, 5.74) is 2.95. The molecule has 0 fully saturated rings. The van der Waals surface area contributed by atoms with Crippen molar-refractivity contribution in [3.05, 3.63) is 63.0 Å². The van der Waals surface area contributed by atoms with Gasteiger partial charge in [-0.25, -0.2) is 4.98 Å². The van der Waals surface area contributed by atoms with Crippen molar-refractivity contribution >= 4 is 43.8 Å². The Morgan fingerprint density at radius 1 is 1.21 bits per heavy atom. The molecule has 0 saturated carbocycles. The smallest absolute Gasteiger partial charge is 0.271 e. The molecule has 1 N–H and O–H groups in total. The second kappa shape index (κ2) is 9.41. The molecule has 0 spiro atoms. The Labute approximate surface area is 204 Å². The van der Waals surface area contributed by atoms with Gasteiger partial charge >= 0.3 is 0 Å². The van der Waals surface area contributed by atoms with Gasteiger partial charge in [-0.2, -0.15) is 5.26 Å². The molecule has 5 rings (SSSR count). The van der Waals surface area contributed by atoms with Crippen LogP contribution in [0.3, 0.4) is 0 Å². The van der Waals surface area contributed by atoms with Gasteiger partial charge in [0.25, 0.3) is 5.56 Å². The molecular weight excluding hydrogens is 468 g/mol. The predicted octanol–water partition coefficient (Wildman–Crippen LogP) is 4.97. The molecule has 1 aliphatic carbocycles. The molecule has 0 bridgehead atoms. The minimum Gasteiger partial charge on any atom is -0.497 e. The number of anilines is 1. The van der Waals surface area contributed by atoms with E-state index in [0.29, 0.717) is 20.8 Å². The maximum absolute atomic E-state index is 13.1. The van der Waals surface area contributed by atoms with Crippen molar-refractivity contribution in [1.82, 2.24) is 9.55 Å². The van der Waals surface area contributed by atoms with E-state index in [9.17, 15) is 14.9 Å². The van der Waals surface area contributed by atoms with E-state index in [-0.39, 0.29) is 18.0 Å². The van der Waals surface area contributed by atoms with Crippen molar-refractivity contribution in [3.63, 3.8) is 0 Å². The number of fused-ring (bicyclic) bond motifs is 2. The van der Waals surface area contributed by atoms with E-state index >= 15 is 0 Å². The zero-order valence-corrected chi connectivity index (χ0v) is 20.2. The number of nitriles is 1. The summed E-state index contributed by atoms with van der Waals surface area (Å²) in [6.07, 6.45) is 6.55. The van der Waals surface area contributed by atoms with Crippen LogP contribution in [0.1, 0.15) is 35.3 Å². The molecule has 34 heavy (non-hydrogen) atoms. The number of nitrogens with zero attached hydrogens (tertiary/aromatic N) is 3. The third-order valence-electron chi connectivity index (χ3n) is 5.98. The number of methoxy groups -OCH3 is 1. The zero-order chi connectivity index (χ0) is 23.7. The topological polar surface area (TPSA) is 97.0 Å². The van der Waals surface area contributed by atoms with Gasteiger partial charge in [0, 0.05) is 9.75 Å². The van der Waals surface area contributed by atoms with E-state index in [4.69, 9.17) is 4.74 Å². The van der Waals surface area contributed by atoms with Crippen molar-refractivity contribution in [2.24, 2.45) is 0 Å². The Balaban J connectivity index is 1.38. The van der Waals surface area contributed by atoms with Crippen molar-refractivity contribution in [3.8, 4) is 22.3 Å². The van der Waals surface area contributed by atoms with Crippen LogP contribution in [0.4, 0.5) is 5.00 Å². The van der Waals surface area contributed by atoms with Gasteiger partial charge in [0.05, 0.1) is 24.5 Å². The summed E-state index contributed by atoms with van der Waals surface area (Å²) in [6, 6.07) is 11.8. The van der Waals surface area contributed by atoms with Crippen LogP contribution in [0.2, 0.25) is 0 Å². The number of hydrogen-bond acceptors (Lipinski definition) is 7. The largest absolute Gasteiger partial charge is 0.497 e. The molecule has 1 aromatic carbocycles. The first-order valence-electron chi connectivity index (χ1n) is 11.0. The standard InChI is InChI=1S/C25H22N4O3S2/c1-32-16-9-7-15(8-10-16)21-11-19-23(33-21)25(31)29(14-27-19)13-22(30)28-24-18(12-26)17-5-3-2-4-6-20(17)34-24/h7-11,14H,2-6,13H2,1H3,(H,28,30). The fourth-order valence-corrected chi connectivity index (χ4v) is 6.55. The van der Waals surface area contributed by atoms with Crippen LogP contribution in [0.15, 0.2) is 41.5 Å². The van der Waals surface area contributed by atoms with Crippen LogP contribution in [0.5, 0.6) is 5.75 Å². The van der Waals surface area contributed by atoms with Crippen molar-refractivity contribution in [2.75, 3.05) is 12.4 Å². The molecule has 3 aromatic heterocycles. The monoisotopic (exact) mass is 490 g/mol. The Hall–Kier alpha value is -3.48. The highest BCUT2D eigenvalue weighted by molar-refractivity contribution is 7.22. The van der Waals surface area contributed by atoms with Crippen LogP contribution in [-0.4, -0.2) is 22.6 Å². The van der Waals surface area contributed by atoms with Crippen LogP contribution in [0.25, 0.3) is 20.7 Å². The molecule has 0 atom stereocenters. The Bertz CT molecular complexity index is 1480. The molecule has 172 valence electrons. The number of amides is 1. The molecule has 3 heterocycles. The van der Waals surface area contributed by atoms with E-state index in [1.165, 1.54) is 38.4 Å². The fraction of sp³-hybridized carbons (Fsp3) is 0.280. The van der Waals surface area contributed by atoms with Gasteiger partial charge in [0.15, 0.2) is 0 Å². The third kappa shape index (κ3) is 4.22. The summed E-state index contributed by atoms with van der Waals surface area (Å²) in [6.45, 7) is -0.162. The van der Waals surface area contributed by atoms with Crippen LogP contribution in [0, 0.1) is 11.3 Å². The van der Waals surface area contributed by atoms with E-state index in [0.717, 1.165) is 53.9 Å². The number of hydrogen-bond donors (Lipinski definition) is 1. The third-order valence-corrected chi connectivity index (χ3v) is 8.35. The van der Waals surface area contributed by atoms with Gasteiger partial charge in [-0.15, -0.1) is 22.7 Å². The quantitative estimate of drug-likeness (QED) is 0.398. The van der Waals surface area contributed by atoms with E-state index < -0.39 is 0 Å². The fourth-order valence-electron chi connectivity index (χ4n) is 4.23. The lowest BCUT2D eigenvalue weighted by Gasteiger charge is -2.06. The summed E-state index contributed by atoms with van der Waals surface area (Å²) in [4.78, 5) is 32.4. The molecule has 1 aliphatic rings. The highest BCUT2D eigenvalue weighted by atomic mass is 32.1. The lowest BCUT2D eigenvalue weighted by Crippen LogP contribution is -2.27. The van der Waals surface area contributed by atoms with Gasteiger partial charge in [-0.05, 0) is 67.1 Å². The maximum atomic E-state index is 13.1. The number of aromatic nitrogens is 2. The average molecular weight is 491 g/mol. The molecule has 0 saturated heterocycles. The second-order valence-corrected chi connectivity index (χ2v) is 10.3. The van der Waals surface area contributed by atoms with E-state index in [1.807, 2.05) is 30.3 Å². The van der Waals surface area contributed by atoms with Crippen LogP contribution < -0.4 is 15.6 Å². The maximum Gasteiger partial charge on any atom is 0.271 e. The molecule has 9 heteroatoms. The first-order chi connectivity index (χ1) is 16.6. The van der Waals surface area contributed by atoms with Crippen LogP contribution >= 0.6 is 22.7 Å². The Morgan fingerprint density at radius 3 is 2.76 bits per heavy atom. The summed E-state index contributed by atoms with van der Waals surface area (Å²) in [5.74, 6) is 0.418. The minimum atomic E-state index is -0.344. The van der Waals surface area contributed by atoms with Crippen LogP contribution in [-0.2, 0) is 24.2 Å². The van der Waals surface area contributed by atoms with Crippen molar-refractivity contribution in [1.29, 1.82) is 5.26 Å². The summed E-state index contributed by atoms with van der Waals surface area (Å²) < 4.78 is 7.02.